The number of rotatable bonds is 5. The van der Waals surface area contributed by atoms with Crippen molar-refractivity contribution in [3.05, 3.63) is 41.9 Å². The lowest BCUT2D eigenvalue weighted by molar-refractivity contribution is 0.0736. The van der Waals surface area contributed by atoms with E-state index in [9.17, 15) is 9.59 Å². The number of nitrogens with one attached hydrogen (secondary N) is 2. The molecule has 2 heterocycles. The van der Waals surface area contributed by atoms with Crippen molar-refractivity contribution in [3.63, 3.8) is 0 Å². The number of carbonyl (C=O) groups is 2. The molecule has 1 aromatic heterocycles. The van der Waals surface area contributed by atoms with Crippen LogP contribution in [-0.4, -0.2) is 57.1 Å². The van der Waals surface area contributed by atoms with Gasteiger partial charge in [0.05, 0.1) is 31.7 Å². The van der Waals surface area contributed by atoms with E-state index in [1.165, 1.54) is 20.5 Å². The third-order valence-corrected chi connectivity index (χ3v) is 4.15. The standard InChI is InChI=1S/C18H21N3O5/c1-24-15-10-12(18(23)21-7-5-19-6-8-21)13(11-16(15)25-2)20-17(22)14-4-3-9-26-14/h3-4,9-11,19H,5-8H2,1-2H3,(H,20,22). The Hall–Kier alpha value is -3.00. The molecular weight excluding hydrogens is 338 g/mol. The number of nitrogens with zero attached hydrogens (tertiary/aromatic N) is 1. The van der Waals surface area contributed by atoms with Crippen molar-refractivity contribution >= 4 is 17.5 Å². The average molecular weight is 359 g/mol. The molecule has 1 saturated heterocycles. The van der Waals surface area contributed by atoms with Crippen LogP contribution in [0.2, 0.25) is 0 Å². The fourth-order valence-electron chi connectivity index (χ4n) is 2.79. The van der Waals surface area contributed by atoms with Gasteiger partial charge >= 0.3 is 0 Å². The van der Waals surface area contributed by atoms with Crippen molar-refractivity contribution < 1.29 is 23.5 Å². The largest absolute Gasteiger partial charge is 0.493 e. The first-order valence-electron chi connectivity index (χ1n) is 8.25. The average Bonchev–Trinajstić information content (AvgIpc) is 3.22. The Morgan fingerprint density at radius 3 is 2.46 bits per heavy atom. The number of carbonyl (C=O) groups excluding carboxylic acids is 2. The molecule has 0 aliphatic carbocycles. The molecular formula is C18H21N3O5. The highest BCUT2D eigenvalue weighted by atomic mass is 16.5. The Kier molecular flexibility index (Phi) is 5.43. The monoisotopic (exact) mass is 359 g/mol. The number of anilines is 1. The summed E-state index contributed by atoms with van der Waals surface area (Å²) in [5.74, 6) is 0.361. The predicted molar refractivity (Wildman–Crippen MR) is 95.0 cm³/mol. The highest BCUT2D eigenvalue weighted by Gasteiger charge is 2.24. The third kappa shape index (κ3) is 3.65. The summed E-state index contributed by atoms with van der Waals surface area (Å²) >= 11 is 0. The van der Waals surface area contributed by atoms with Crippen molar-refractivity contribution in [3.8, 4) is 11.5 Å². The van der Waals surface area contributed by atoms with Crippen LogP contribution in [0.5, 0.6) is 11.5 Å². The topological polar surface area (TPSA) is 93.0 Å². The summed E-state index contributed by atoms with van der Waals surface area (Å²) in [5.41, 5.74) is 0.678. The zero-order valence-electron chi connectivity index (χ0n) is 14.7. The van der Waals surface area contributed by atoms with Crippen molar-refractivity contribution in [2.24, 2.45) is 0 Å². The molecule has 1 aromatic carbocycles. The molecule has 0 spiro atoms. The van der Waals surface area contributed by atoms with E-state index in [-0.39, 0.29) is 11.7 Å². The van der Waals surface area contributed by atoms with Crippen molar-refractivity contribution in [2.45, 2.75) is 0 Å². The first kappa shape index (κ1) is 17.8. The van der Waals surface area contributed by atoms with Crippen LogP contribution < -0.4 is 20.1 Å². The minimum Gasteiger partial charge on any atom is -0.493 e. The maximum atomic E-state index is 13.0. The molecule has 8 nitrogen and oxygen atoms in total. The van der Waals surface area contributed by atoms with Gasteiger partial charge in [-0.1, -0.05) is 0 Å². The van der Waals surface area contributed by atoms with Gasteiger partial charge in [0.15, 0.2) is 17.3 Å². The van der Waals surface area contributed by atoms with Crippen molar-refractivity contribution in [2.75, 3.05) is 45.7 Å². The first-order valence-corrected chi connectivity index (χ1v) is 8.25. The lowest BCUT2D eigenvalue weighted by atomic mass is 10.1. The van der Waals surface area contributed by atoms with Gasteiger partial charge in [0.25, 0.3) is 11.8 Å². The fourth-order valence-corrected chi connectivity index (χ4v) is 2.79. The van der Waals surface area contributed by atoms with Crippen LogP contribution in [0.3, 0.4) is 0 Å². The van der Waals surface area contributed by atoms with E-state index >= 15 is 0 Å². The zero-order chi connectivity index (χ0) is 18.5. The second kappa shape index (κ2) is 7.92. The number of hydrogen-bond donors (Lipinski definition) is 2. The Morgan fingerprint density at radius 2 is 1.85 bits per heavy atom. The summed E-state index contributed by atoms with van der Waals surface area (Å²) in [7, 11) is 2.99. The number of piperazine rings is 1. The van der Waals surface area contributed by atoms with Crippen molar-refractivity contribution in [1.82, 2.24) is 10.2 Å². The summed E-state index contributed by atoms with van der Waals surface area (Å²) < 4.78 is 15.7. The molecule has 2 aromatic rings. The van der Waals surface area contributed by atoms with Crippen LogP contribution in [0.4, 0.5) is 5.69 Å². The van der Waals surface area contributed by atoms with Crippen LogP contribution in [0.25, 0.3) is 0 Å². The molecule has 3 rings (SSSR count). The van der Waals surface area contributed by atoms with E-state index in [0.717, 1.165) is 13.1 Å². The molecule has 1 aliphatic heterocycles. The highest BCUT2D eigenvalue weighted by Crippen LogP contribution is 2.34. The second-order valence-electron chi connectivity index (χ2n) is 5.73. The molecule has 0 unspecified atom stereocenters. The Bertz CT molecular complexity index is 782. The van der Waals surface area contributed by atoms with E-state index in [1.807, 2.05) is 0 Å². The van der Waals surface area contributed by atoms with Gasteiger partial charge in [-0.25, -0.2) is 0 Å². The molecule has 0 atom stereocenters. The second-order valence-corrected chi connectivity index (χ2v) is 5.73. The molecule has 1 aliphatic rings. The van der Waals surface area contributed by atoms with Crippen LogP contribution in [-0.2, 0) is 0 Å². The van der Waals surface area contributed by atoms with Gasteiger partial charge in [-0.15, -0.1) is 0 Å². The van der Waals surface area contributed by atoms with E-state index < -0.39 is 5.91 Å². The third-order valence-electron chi connectivity index (χ3n) is 4.15. The van der Waals surface area contributed by atoms with Gasteiger partial charge in [-0.2, -0.15) is 0 Å². The molecule has 0 bridgehead atoms. The highest BCUT2D eigenvalue weighted by molar-refractivity contribution is 6.08. The first-order chi connectivity index (χ1) is 12.6. The SMILES string of the molecule is COc1cc(NC(=O)c2ccco2)c(C(=O)N2CCNCC2)cc1OC. The van der Waals surface area contributed by atoms with Crippen molar-refractivity contribution in [1.29, 1.82) is 0 Å². The predicted octanol–water partition coefficient (Wildman–Crippen LogP) is 1.59. The van der Waals surface area contributed by atoms with Gasteiger partial charge in [0, 0.05) is 32.2 Å². The minimum absolute atomic E-state index is 0.153. The lowest BCUT2D eigenvalue weighted by Crippen LogP contribution is -2.46. The molecule has 2 amide bonds. The molecule has 0 radical (unpaired) electrons. The Labute approximate surface area is 151 Å². The van der Waals surface area contributed by atoms with Gasteiger partial charge in [-0.05, 0) is 18.2 Å². The zero-order valence-corrected chi connectivity index (χ0v) is 14.7. The maximum absolute atomic E-state index is 13.0. The lowest BCUT2D eigenvalue weighted by Gasteiger charge is -2.28. The number of hydrogen-bond acceptors (Lipinski definition) is 6. The normalized spacial score (nSPS) is 14.0. The van der Waals surface area contributed by atoms with Gasteiger partial charge in [-0.3, -0.25) is 9.59 Å². The van der Waals surface area contributed by atoms with Gasteiger partial charge in [0.2, 0.25) is 0 Å². The molecule has 8 heteroatoms. The van der Waals surface area contributed by atoms with Crippen LogP contribution in [0, 0.1) is 0 Å². The summed E-state index contributed by atoms with van der Waals surface area (Å²) in [6, 6.07) is 6.33. The van der Waals surface area contributed by atoms with E-state index in [1.54, 1.807) is 29.2 Å². The molecule has 138 valence electrons. The molecule has 26 heavy (non-hydrogen) atoms. The van der Waals surface area contributed by atoms with E-state index in [4.69, 9.17) is 13.9 Å². The minimum atomic E-state index is -0.448. The molecule has 2 N–H and O–H groups in total. The number of ether oxygens (including phenoxy) is 2. The summed E-state index contributed by atoms with van der Waals surface area (Å²) in [4.78, 5) is 27.1. The quantitative estimate of drug-likeness (QED) is 0.842. The number of benzene rings is 1. The van der Waals surface area contributed by atoms with Gasteiger partial charge in [0.1, 0.15) is 0 Å². The Balaban J connectivity index is 1.96. The number of amides is 2. The summed E-state index contributed by atoms with van der Waals surface area (Å²) in [6.07, 6.45) is 1.41. The maximum Gasteiger partial charge on any atom is 0.291 e. The molecule has 1 fully saturated rings. The summed E-state index contributed by atoms with van der Waals surface area (Å²) in [5, 5.41) is 5.93. The fraction of sp³-hybridized carbons (Fsp3) is 0.333. The van der Waals surface area contributed by atoms with E-state index in [2.05, 4.69) is 10.6 Å². The molecule has 0 saturated carbocycles. The smallest absolute Gasteiger partial charge is 0.291 e. The van der Waals surface area contributed by atoms with Crippen LogP contribution >= 0.6 is 0 Å². The summed E-state index contributed by atoms with van der Waals surface area (Å²) in [6.45, 7) is 2.65. The van der Waals surface area contributed by atoms with Gasteiger partial charge < -0.3 is 29.4 Å². The van der Waals surface area contributed by atoms with E-state index in [0.29, 0.717) is 35.8 Å². The van der Waals surface area contributed by atoms with Crippen LogP contribution in [0.1, 0.15) is 20.9 Å². The number of furan rings is 1. The van der Waals surface area contributed by atoms with Crippen LogP contribution in [0.15, 0.2) is 34.9 Å². The number of methoxy groups -OCH3 is 2. The Morgan fingerprint density at radius 1 is 1.15 bits per heavy atom.